The number of carbonyl (C=O) groups excluding carboxylic acids is 1. The highest BCUT2D eigenvalue weighted by molar-refractivity contribution is 7.07. The van der Waals surface area contributed by atoms with Crippen molar-refractivity contribution in [1.29, 1.82) is 0 Å². The van der Waals surface area contributed by atoms with Gasteiger partial charge >= 0.3 is 4.87 Å². The summed E-state index contributed by atoms with van der Waals surface area (Å²) in [4.78, 5) is 23.2. The zero-order valence-electron chi connectivity index (χ0n) is 11.1. The Balaban J connectivity index is 2.46. The van der Waals surface area contributed by atoms with Crippen LogP contribution < -0.4 is 9.61 Å². The molecule has 100 valence electrons. The fourth-order valence-electron chi connectivity index (χ4n) is 1.89. The molecule has 0 spiro atoms. The second-order valence-electron chi connectivity index (χ2n) is 4.31. The number of ketones is 1. The van der Waals surface area contributed by atoms with Crippen molar-refractivity contribution in [3.63, 3.8) is 0 Å². The molecule has 4 nitrogen and oxygen atoms in total. The lowest BCUT2D eigenvalue weighted by molar-refractivity contribution is 0.101. The maximum atomic E-state index is 11.7. The highest BCUT2D eigenvalue weighted by Crippen LogP contribution is 2.21. The van der Waals surface area contributed by atoms with Gasteiger partial charge in [0, 0.05) is 22.2 Å². The summed E-state index contributed by atoms with van der Waals surface area (Å²) in [7, 11) is 1.58. The third kappa shape index (κ3) is 2.76. The Bertz CT molecular complexity index is 670. The average molecular weight is 277 g/mol. The molecular weight excluding hydrogens is 262 g/mol. The van der Waals surface area contributed by atoms with Gasteiger partial charge in [-0.15, -0.1) is 0 Å². The van der Waals surface area contributed by atoms with E-state index in [0.717, 1.165) is 11.3 Å². The van der Waals surface area contributed by atoms with E-state index in [0.29, 0.717) is 17.9 Å². The molecule has 0 atom stereocenters. The molecule has 0 bridgehead atoms. The van der Waals surface area contributed by atoms with E-state index in [1.54, 1.807) is 29.9 Å². The Morgan fingerprint density at radius 1 is 1.42 bits per heavy atom. The van der Waals surface area contributed by atoms with Crippen LogP contribution in [0.15, 0.2) is 28.4 Å². The first-order chi connectivity index (χ1) is 9.02. The van der Waals surface area contributed by atoms with Gasteiger partial charge in [0.1, 0.15) is 5.75 Å². The molecule has 1 heterocycles. The quantitative estimate of drug-likeness (QED) is 0.807. The van der Waals surface area contributed by atoms with Gasteiger partial charge in [0.25, 0.3) is 0 Å². The summed E-state index contributed by atoms with van der Waals surface area (Å²) in [6.07, 6.45) is 0. The average Bonchev–Trinajstić information content (AvgIpc) is 2.70. The molecule has 19 heavy (non-hydrogen) atoms. The molecule has 0 radical (unpaired) electrons. The van der Waals surface area contributed by atoms with Crippen LogP contribution in [-0.4, -0.2) is 17.5 Å². The number of hydrogen-bond donors (Lipinski definition) is 0. The van der Waals surface area contributed by atoms with E-state index in [4.69, 9.17) is 4.74 Å². The number of aromatic nitrogens is 1. The van der Waals surface area contributed by atoms with Crippen molar-refractivity contribution >= 4 is 17.1 Å². The maximum absolute atomic E-state index is 11.7. The molecule has 0 saturated carbocycles. The largest absolute Gasteiger partial charge is 0.496 e. The number of carbonyl (C=O) groups is 1. The number of hydrogen-bond acceptors (Lipinski definition) is 4. The van der Waals surface area contributed by atoms with Crippen molar-refractivity contribution < 1.29 is 9.53 Å². The van der Waals surface area contributed by atoms with E-state index >= 15 is 0 Å². The Morgan fingerprint density at radius 2 is 2.16 bits per heavy atom. The van der Waals surface area contributed by atoms with E-state index in [1.807, 2.05) is 12.3 Å². The van der Waals surface area contributed by atoms with E-state index in [-0.39, 0.29) is 10.7 Å². The van der Waals surface area contributed by atoms with Crippen LogP contribution in [0.4, 0.5) is 0 Å². The van der Waals surface area contributed by atoms with Crippen LogP contribution in [0.1, 0.15) is 28.5 Å². The summed E-state index contributed by atoms with van der Waals surface area (Å²) in [5, 5.41) is 1.82. The summed E-state index contributed by atoms with van der Waals surface area (Å²) >= 11 is 1.17. The van der Waals surface area contributed by atoms with E-state index in [9.17, 15) is 9.59 Å². The Labute approximate surface area is 115 Å². The van der Waals surface area contributed by atoms with Crippen molar-refractivity contribution in [3.8, 4) is 5.75 Å². The molecule has 2 aromatic rings. The van der Waals surface area contributed by atoms with Gasteiger partial charge < -0.3 is 4.74 Å². The number of aryl methyl sites for hydroxylation is 1. The Hall–Kier alpha value is -1.88. The minimum atomic E-state index is -0.00668. The van der Waals surface area contributed by atoms with Crippen LogP contribution >= 0.6 is 11.3 Å². The normalized spacial score (nSPS) is 10.5. The summed E-state index contributed by atoms with van der Waals surface area (Å²) in [6.45, 7) is 3.82. The molecule has 0 fully saturated rings. The van der Waals surface area contributed by atoms with Crippen LogP contribution in [0, 0.1) is 6.92 Å². The minimum Gasteiger partial charge on any atom is -0.496 e. The molecule has 1 aromatic heterocycles. The summed E-state index contributed by atoms with van der Waals surface area (Å²) < 4.78 is 6.96. The predicted octanol–water partition coefficient (Wildman–Crippen LogP) is 2.48. The molecule has 1 aromatic carbocycles. The second-order valence-corrected chi connectivity index (χ2v) is 5.13. The summed E-state index contributed by atoms with van der Waals surface area (Å²) in [5.41, 5.74) is 2.36. The SMILES string of the molecule is COc1ccc(C(C)=O)cc1Cn1c(C)csc1=O. The van der Waals surface area contributed by atoms with Gasteiger partial charge in [-0.2, -0.15) is 0 Å². The number of thiazole rings is 1. The zero-order valence-corrected chi connectivity index (χ0v) is 11.9. The van der Waals surface area contributed by atoms with Crippen LogP contribution in [0.5, 0.6) is 5.75 Å². The third-order valence-corrected chi connectivity index (χ3v) is 3.87. The lowest BCUT2D eigenvalue weighted by atomic mass is 10.1. The standard InChI is InChI=1S/C14H15NO3S/c1-9-8-19-14(17)15(9)7-12-6-11(10(2)16)4-5-13(12)18-3/h4-6,8H,7H2,1-3H3. The number of Topliss-reactive ketones (excluding diaryl/α,β-unsaturated/α-hetero) is 1. The van der Waals surface area contributed by atoms with Crippen LogP contribution in [0.2, 0.25) is 0 Å². The van der Waals surface area contributed by atoms with E-state index in [1.165, 1.54) is 18.3 Å². The molecule has 0 unspecified atom stereocenters. The molecular formula is C14H15NO3S. The van der Waals surface area contributed by atoms with Gasteiger partial charge in [-0.1, -0.05) is 11.3 Å². The van der Waals surface area contributed by atoms with Crippen molar-refractivity contribution in [2.24, 2.45) is 0 Å². The smallest absolute Gasteiger partial charge is 0.307 e. The van der Waals surface area contributed by atoms with E-state index in [2.05, 4.69) is 0 Å². The molecule has 0 saturated heterocycles. The zero-order chi connectivity index (χ0) is 14.0. The van der Waals surface area contributed by atoms with Crippen molar-refractivity contribution in [2.45, 2.75) is 20.4 Å². The van der Waals surface area contributed by atoms with Crippen molar-refractivity contribution in [1.82, 2.24) is 4.57 Å². The fourth-order valence-corrected chi connectivity index (χ4v) is 2.62. The number of ether oxygens (including phenoxy) is 1. The molecule has 0 N–H and O–H groups in total. The van der Waals surface area contributed by atoms with Gasteiger partial charge in [0.15, 0.2) is 5.78 Å². The van der Waals surface area contributed by atoms with Gasteiger partial charge in [-0.3, -0.25) is 14.2 Å². The molecule has 2 rings (SSSR count). The topological polar surface area (TPSA) is 48.3 Å². The third-order valence-electron chi connectivity index (χ3n) is 2.99. The maximum Gasteiger partial charge on any atom is 0.307 e. The molecule has 0 aliphatic rings. The molecule has 0 amide bonds. The second kappa shape index (κ2) is 5.40. The van der Waals surface area contributed by atoms with Gasteiger partial charge in [-0.05, 0) is 32.0 Å². The monoisotopic (exact) mass is 277 g/mol. The van der Waals surface area contributed by atoms with E-state index < -0.39 is 0 Å². The lowest BCUT2D eigenvalue weighted by Crippen LogP contribution is -2.16. The number of nitrogens with zero attached hydrogens (tertiary/aromatic N) is 1. The highest BCUT2D eigenvalue weighted by Gasteiger charge is 2.10. The first-order valence-corrected chi connectivity index (χ1v) is 6.73. The number of benzene rings is 1. The highest BCUT2D eigenvalue weighted by atomic mass is 32.1. The fraction of sp³-hybridized carbons (Fsp3) is 0.286. The van der Waals surface area contributed by atoms with Gasteiger partial charge in [0.2, 0.25) is 0 Å². The molecule has 5 heteroatoms. The number of methoxy groups -OCH3 is 1. The van der Waals surface area contributed by atoms with Crippen molar-refractivity contribution in [3.05, 3.63) is 50.1 Å². The number of rotatable bonds is 4. The van der Waals surface area contributed by atoms with Crippen molar-refractivity contribution in [2.75, 3.05) is 7.11 Å². The van der Waals surface area contributed by atoms with Crippen LogP contribution in [0.25, 0.3) is 0 Å². The van der Waals surface area contributed by atoms with Gasteiger partial charge in [0.05, 0.1) is 13.7 Å². The minimum absolute atomic E-state index is 0.00158. The molecule has 0 aliphatic heterocycles. The Morgan fingerprint density at radius 3 is 2.68 bits per heavy atom. The summed E-state index contributed by atoms with van der Waals surface area (Å²) in [5.74, 6) is 0.681. The first-order valence-electron chi connectivity index (χ1n) is 5.85. The van der Waals surface area contributed by atoms with Crippen LogP contribution in [0.3, 0.4) is 0 Å². The summed E-state index contributed by atoms with van der Waals surface area (Å²) in [6, 6.07) is 5.28. The van der Waals surface area contributed by atoms with Gasteiger partial charge in [-0.25, -0.2) is 0 Å². The first kappa shape index (κ1) is 13.5. The Kier molecular flexibility index (Phi) is 3.85. The predicted molar refractivity (Wildman–Crippen MR) is 75.4 cm³/mol. The lowest BCUT2D eigenvalue weighted by Gasteiger charge is -2.11. The molecule has 0 aliphatic carbocycles. The van der Waals surface area contributed by atoms with Crippen LogP contribution in [-0.2, 0) is 6.54 Å².